The molecule has 1 N–H and O–H groups in total. The molecule has 0 radical (unpaired) electrons. The van der Waals surface area contributed by atoms with Crippen molar-refractivity contribution in [3.8, 4) is 11.5 Å². The molecule has 0 amide bonds. The van der Waals surface area contributed by atoms with Crippen molar-refractivity contribution in [3.05, 3.63) is 23.8 Å². The van der Waals surface area contributed by atoms with Crippen LogP contribution in [-0.2, 0) is 4.84 Å². The molecule has 0 aromatic heterocycles. The SMILES string of the molecule is CCO/N=C/c1ccc(OC)c(O)c1. The highest BCUT2D eigenvalue weighted by molar-refractivity contribution is 5.80. The largest absolute Gasteiger partial charge is 0.504 e. The first-order valence-electron chi connectivity index (χ1n) is 4.30. The highest BCUT2D eigenvalue weighted by atomic mass is 16.6. The number of phenols is 1. The number of oxime groups is 1. The van der Waals surface area contributed by atoms with Crippen LogP contribution < -0.4 is 4.74 Å². The third kappa shape index (κ3) is 2.65. The van der Waals surface area contributed by atoms with Gasteiger partial charge in [0.15, 0.2) is 11.5 Å². The van der Waals surface area contributed by atoms with Crippen molar-refractivity contribution in [2.24, 2.45) is 5.16 Å². The van der Waals surface area contributed by atoms with Crippen LogP contribution in [0.15, 0.2) is 23.4 Å². The second kappa shape index (κ2) is 5.11. The maximum atomic E-state index is 9.42. The van der Waals surface area contributed by atoms with E-state index < -0.39 is 0 Å². The molecule has 1 aromatic carbocycles. The number of rotatable bonds is 4. The summed E-state index contributed by atoms with van der Waals surface area (Å²) in [6.45, 7) is 2.38. The van der Waals surface area contributed by atoms with Crippen molar-refractivity contribution in [3.63, 3.8) is 0 Å². The van der Waals surface area contributed by atoms with Gasteiger partial charge in [-0.1, -0.05) is 5.16 Å². The van der Waals surface area contributed by atoms with Crippen LogP contribution in [0.1, 0.15) is 12.5 Å². The Hall–Kier alpha value is -1.71. The molecule has 1 aromatic rings. The molecule has 0 unspecified atom stereocenters. The standard InChI is InChI=1S/C10H13NO3/c1-3-14-11-7-8-4-5-10(13-2)9(12)6-8/h4-7,12H,3H2,1-2H3/b11-7+. The number of hydrogen-bond acceptors (Lipinski definition) is 4. The zero-order chi connectivity index (χ0) is 10.4. The monoisotopic (exact) mass is 195 g/mol. The summed E-state index contributed by atoms with van der Waals surface area (Å²) in [5, 5.41) is 13.1. The number of hydrogen-bond donors (Lipinski definition) is 1. The van der Waals surface area contributed by atoms with E-state index in [-0.39, 0.29) is 5.75 Å². The van der Waals surface area contributed by atoms with E-state index in [0.717, 1.165) is 5.56 Å². The van der Waals surface area contributed by atoms with E-state index in [1.807, 2.05) is 6.92 Å². The molecule has 0 atom stereocenters. The predicted octanol–water partition coefficient (Wildman–Crippen LogP) is 1.77. The Morgan fingerprint density at radius 1 is 1.50 bits per heavy atom. The molecule has 0 heterocycles. The minimum absolute atomic E-state index is 0.0907. The lowest BCUT2D eigenvalue weighted by Crippen LogP contribution is -1.87. The summed E-state index contributed by atoms with van der Waals surface area (Å²) in [6.07, 6.45) is 1.53. The van der Waals surface area contributed by atoms with Crippen molar-refractivity contribution < 1.29 is 14.7 Å². The van der Waals surface area contributed by atoms with Gasteiger partial charge >= 0.3 is 0 Å². The van der Waals surface area contributed by atoms with Crippen LogP contribution in [0.3, 0.4) is 0 Å². The summed E-state index contributed by atoms with van der Waals surface area (Å²) in [5.41, 5.74) is 0.761. The minimum atomic E-state index is 0.0907. The van der Waals surface area contributed by atoms with Crippen molar-refractivity contribution >= 4 is 6.21 Å². The Morgan fingerprint density at radius 2 is 2.29 bits per heavy atom. The zero-order valence-corrected chi connectivity index (χ0v) is 8.23. The van der Waals surface area contributed by atoms with E-state index in [4.69, 9.17) is 9.57 Å². The van der Waals surface area contributed by atoms with Gasteiger partial charge in [0, 0.05) is 0 Å². The van der Waals surface area contributed by atoms with Gasteiger partial charge in [-0.3, -0.25) is 0 Å². The van der Waals surface area contributed by atoms with Gasteiger partial charge in [0.25, 0.3) is 0 Å². The van der Waals surface area contributed by atoms with Crippen molar-refractivity contribution in [2.45, 2.75) is 6.92 Å². The third-order valence-corrected chi connectivity index (χ3v) is 1.61. The molecule has 4 nitrogen and oxygen atoms in total. The van der Waals surface area contributed by atoms with Gasteiger partial charge in [0.2, 0.25) is 0 Å². The van der Waals surface area contributed by atoms with E-state index in [9.17, 15) is 5.11 Å². The summed E-state index contributed by atoms with van der Waals surface area (Å²) in [7, 11) is 1.50. The number of nitrogens with zero attached hydrogens (tertiary/aromatic N) is 1. The van der Waals surface area contributed by atoms with Crippen molar-refractivity contribution in [1.82, 2.24) is 0 Å². The molecule has 0 aliphatic heterocycles. The summed E-state index contributed by atoms with van der Waals surface area (Å²) >= 11 is 0. The quantitative estimate of drug-likeness (QED) is 0.588. The van der Waals surface area contributed by atoms with E-state index in [1.54, 1.807) is 18.2 Å². The second-order valence-corrected chi connectivity index (χ2v) is 2.58. The Balaban J connectivity index is 2.76. The molecular weight excluding hydrogens is 182 g/mol. The Kier molecular flexibility index (Phi) is 3.79. The number of methoxy groups -OCH3 is 1. The third-order valence-electron chi connectivity index (χ3n) is 1.61. The van der Waals surface area contributed by atoms with E-state index in [1.165, 1.54) is 13.3 Å². The van der Waals surface area contributed by atoms with Crippen LogP contribution in [0.4, 0.5) is 0 Å². The highest BCUT2D eigenvalue weighted by Gasteiger charge is 2.00. The lowest BCUT2D eigenvalue weighted by molar-refractivity contribution is 0.160. The van der Waals surface area contributed by atoms with Gasteiger partial charge in [-0.15, -0.1) is 0 Å². The molecular formula is C10H13NO3. The second-order valence-electron chi connectivity index (χ2n) is 2.58. The number of phenolic OH excluding ortho intramolecular Hbond substituents is 1. The maximum Gasteiger partial charge on any atom is 0.160 e. The summed E-state index contributed by atoms with van der Waals surface area (Å²) in [6, 6.07) is 5.01. The molecule has 1 rings (SSSR count). The smallest absolute Gasteiger partial charge is 0.160 e. The fourth-order valence-electron chi connectivity index (χ4n) is 0.960. The summed E-state index contributed by atoms with van der Waals surface area (Å²) in [5.74, 6) is 0.534. The molecule has 0 bridgehead atoms. The summed E-state index contributed by atoms with van der Waals surface area (Å²) < 4.78 is 4.90. The lowest BCUT2D eigenvalue weighted by atomic mass is 10.2. The molecule has 0 saturated heterocycles. The first-order chi connectivity index (χ1) is 6.77. The first-order valence-corrected chi connectivity index (χ1v) is 4.30. The number of aromatic hydroxyl groups is 1. The van der Waals surface area contributed by atoms with Gasteiger partial charge in [-0.2, -0.15) is 0 Å². The Morgan fingerprint density at radius 3 is 2.86 bits per heavy atom. The van der Waals surface area contributed by atoms with E-state index in [0.29, 0.717) is 12.4 Å². The molecule has 14 heavy (non-hydrogen) atoms. The lowest BCUT2D eigenvalue weighted by Gasteiger charge is -2.02. The van der Waals surface area contributed by atoms with Gasteiger partial charge in [-0.25, -0.2) is 0 Å². The fourth-order valence-corrected chi connectivity index (χ4v) is 0.960. The Bertz CT molecular complexity index is 323. The topological polar surface area (TPSA) is 51.0 Å². The molecule has 76 valence electrons. The van der Waals surface area contributed by atoms with Crippen molar-refractivity contribution in [1.29, 1.82) is 0 Å². The molecule has 0 fully saturated rings. The number of ether oxygens (including phenoxy) is 1. The van der Waals surface area contributed by atoms with Crippen LogP contribution in [0, 0.1) is 0 Å². The van der Waals surface area contributed by atoms with Crippen LogP contribution >= 0.6 is 0 Å². The molecule has 0 aliphatic carbocycles. The maximum absolute atomic E-state index is 9.42. The molecule has 0 aliphatic rings. The average Bonchev–Trinajstić information content (AvgIpc) is 2.18. The van der Waals surface area contributed by atoms with Gasteiger partial charge in [0.1, 0.15) is 6.61 Å². The molecule has 0 spiro atoms. The fraction of sp³-hybridized carbons (Fsp3) is 0.300. The number of benzene rings is 1. The van der Waals surface area contributed by atoms with Crippen molar-refractivity contribution in [2.75, 3.05) is 13.7 Å². The van der Waals surface area contributed by atoms with Gasteiger partial charge in [0.05, 0.1) is 13.3 Å². The first kappa shape index (κ1) is 10.4. The predicted molar refractivity (Wildman–Crippen MR) is 53.9 cm³/mol. The normalized spacial score (nSPS) is 10.4. The van der Waals surface area contributed by atoms with Crippen LogP contribution in [-0.4, -0.2) is 25.0 Å². The zero-order valence-electron chi connectivity index (χ0n) is 8.23. The molecule has 4 heteroatoms. The van der Waals surface area contributed by atoms with Gasteiger partial charge < -0.3 is 14.7 Å². The van der Waals surface area contributed by atoms with E-state index in [2.05, 4.69) is 5.16 Å². The van der Waals surface area contributed by atoms with Crippen LogP contribution in [0.2, 0.25) is 0 Å². The van der Waals surface area contributed by atoms with Crippen LogP contribution in [0.5, 0.6) is 11.5 Å². The summed E-state index contributed by atoms with van der Waals surface area (Å²) in [4.78, 5) is 4.79. The van der Waals surface area contributed by atoms with E-state index >= 15 is 0 Å². The minimum Gasteiger partial charge on any atom is -0.504 e. The highest BCUT2D eigenvalue weighted by Crippen LogP contribution is 2.25. The Labute approximate surface area is 82.8 Å². The molecule has 0 saturated carbocycles. The van der Waals surface area contributed by atoms with Crippen LogP contribution in [0.25, 0.3) is 0 Å². The average molecular weight is 195 g/mol. The van der Waals surface area contributed by atoms with Gasteiger partial charge in [-0.05, 0) is 30.7 Å².